The van der Waals surface area contributed by atoms with Crippen LogP contribution in [0.1, 0.15) is 93.4 Å². The second-order valence-corrected chi connectivity index (χ2v) is 20.4. The van der Waals surface area contributed by atoms with Gasteiger partial charge in [0.25, 0.3) is 0 Å². The number of allylic oxidation sites excluding steroid dienone is 3. The van der Waals surface area contributed by atoms with Crippen molar-refractivity contribution in [3.8, 4) is 6.07 Å². The fourth-order valence-corrected chi connectivity index (χ4v) is 14.0. The lowest BCUT2D eigenvalue weighted by molar-refractivity contribution is -0.239. The van der Waals surface area contributed by atoms with Crippen molar-refractivity contribution in [1.29, 1.82) is 5.26 Å². The summed E-state index contributed by atoms with van der Waals surface area (Å²) >= 11 is 0. The standard InChI is InChI=1S/C32H46N2O7S2/c1-26(2)21-9-10-30(6)22(29(21,5)16-20(18-33)25(26)36)15-24(35)32(37)23-17-28(4,34-43(40,41)19-42(8,38)39)13-11-27(23,3)12-14-31(30,32)7/h15-16,21,23,34,37H,9-14,17,19H2,1-8H3/t21-,23+,27-,28-,29-,30+,31-,32+/m0/s1. The van der Waals surface area contributed by atoms with Crippen LogP contribution in [0.3, 0.4) is 0 Å². The second kappa shape index (κ2) is 9.11. The number of sulfone groups is 1. The summed E-state index contributed by atoms with van der Waals surface area (Å²) in [6.07, 6.45) is 8.10. The first kappa shape index (κ1) is 32.5. The van der Waals surface area contributed by atoms with Gasteiger partial charge in [-0.05, 0) is 80.3 Å². The molecule has 43 heavy (non-hydrogen) atoms. The summed E-state index contributed by atoms with van der Waals surface area (Å²) in [5, 5.41) is 21.8. The number of sulfonamides is 1. The molecule has 9 nitrogen and oxygen atoms in total. The monoisotopic (exact) mass is 634 g/mol. The second-order valence-electron chi connectivity index (χ2n) is 16.2. The van der Waals surface area contributed by atoms with Crippen molar-refractivity contribution in [3.05, 3.63) is 23.3 Å². The third-order valence-corrected chi connectivity index (χ3v) is 16.8. The molecule has 0 unspecified atom stereocenters. The highest BCUT2D eigenvalue weighted by molar-refractivity contribution is 8.06. The van der Waals surface area contributed by atoms with E-state index in [4.69, 9.17) is 0 Å². The molecule has 5 aliphatic carbocycles. The third-order valence-electron chi connectivity index (χ3n) is 13.0. The van der Waals surface area contributed by atoms with E-state index in [0.717, 1.165) is 18.2 Å². The van der Waals surface area contributed by atoms with Gasteiger partial charge in [0.2, 0.25) is 10.0 Å². The van der Waals surface area contributed by atoms with Crippen molar-refractivity contribution in [2.45, 2.75) is 105 Å². The predicted octanol–water partition coefficient (Wildman–Crippen LogP) is 3.99. The number of nitriles is 1. The van der Waals surface area contributed by atoms with E-state index >= 15 is 0 Å². The van der Waals surface area contributed by atoms with Crippen LogP contribution in [0.25, 0.3) is 0 Å². The van der Waals surface area contributed by atoms with Gasteiger partial charge in [-0.1, -0.05) is 47.6 Å². The number of aliphatic hydroxyl groups is 1. The Hall–Kier alpha value is -1.87. The van der Waals surface area contributed by atoms with E-state index in [9.17, 15) is 36.8 Å². The average Bonchev–Trinajstić information content (AvgIpc) is 2.85. The largest absolute Gasteiger partial charge is 0.381 e. The molecule has 0 aromatic heterocycles. The number of carbonyl (C=O) groups excluding carboxylic acids is 2. The smallest absolute Gasteiger partial charge is 0.226 e. The van der Waals surface area contributed by atoms with Crippen LogP contribution in [0.4, 0.5) is 0 Å². The highest BCUT2D eigenvalue weighted by Crippen LogP contribution is 2.75. The Morgan fingerprint density at radius 1 is 0.953 bits per heavy atom. The molecule has 8 atom stereocenters. The maximum absolute atomic E-state index is 14.5. The fourth-order valence-electron chi connectivity index (χ4n) is 10.5. The van der Waals surface area contributed by atoms with Gasteiger partial charge in [0.15, 0.2) is 26.5 Å². The first-order chi connectivity index (χ1) is 19.3. The van der Waals surface area contributed by atoms with Gasteiger partial charge in [-0.15, -0.1) is 0 Å². The van der Waals surface area contributed by atoms with Crippen LogP contribution in [0.2, 0.25) is 0 Å². The number of rotatable bonds is 4. The molecule has 0 bridgehead atoms. The normalized spacial score (nSPS) is 45.9. The summed E-state index contributed by atoms with van der Waals surface area (Å²) < 4.78 is 52.1. The highest BCUT2D eigenvalue weighted by Gasteiger charge is 2.75. The van der Waals surface area contributed by atoms with E-state index < -0.39 is 74.9 Å². The van der Waals surface area contributed by atoms with Crippen molar-refractivity contribution in [2.75, 3.05) is 11.3 Å². The molecule has 0 saturated heterocycles. The molecule has 0 aromatic carbocycles. The number of hydrogen-bond acceptors (Lipinski definition) is 8. The van der Waals surface area contributed by atoms with Crippen LogP contribution < -0.4 is 4.72 Å². The van der Waals surface area contributed by atoms with Gasteiger partial charge in [-0.3, -0.25) is 9.59 Å². The molecular weight excluding hydrogens is 588 g/mol. The Kier molecular flexibility index (Phi) is 6.89. The molecule has 0 heterocycles. The molecule has 0 radical (unpaired) electrons. The lowest BCUT2D eigenvalue weighted by atomic mass is 9.33. The SMILES string of the molecule is CC1(C)C(=O)C(C#N)=C[C@]2(C)C3=CC(=O)[C@]4(O)[C@@H]5C[C@@](C)(NS(=O)(=O)CS(C)(=O)=O)CC[C@@]5(C)CC[C@@]4(C)[C@]3(C)CC[C@@H]12. The molecule has 3 fully saturated rings. The van der Waals surface area contributed by atoms with Crippen LogP contribution >= 0.6 is 0 Å². The Balaban J connectivity index is 1.64. The van der Waals surface area contributed by atoms with E-state index in [1.54, 1.807) is 19.1 Å². The third kappa shape index (κ3) is 4.33. The molecule has 2 N–H and O–H groups in total. The summed E-state index contributed by atoms with van der Waals surface area (Å²) in [7, 11) is -7.99. The van der Waals surface area contributed by atoms with Crippen molar-refractivity contribution >= 4 is 31.4 Å². The van der Waals surface area contributed by atoms with Gasteiger partial charge in [0, 0.05) is 34.0 Å². The molecule has 0 spiro atoms. The number of nitrogens with zero attached hydrogens (tertiary/aromatic N) is 1. The quantitative estimate of drug-likeness (QED) is 0.470. The molecule has 5 aliphatic rings. The number of Topliss-reactive ketones (excluding diaryl/α,β-unsaturated/α-hetero) is 1. The van der Waals surface area contributed by atoms with E-state index in [-0.39, 0.29) is 23.7 Å². The Morgan fingerprint density at radius 2 is 1.56 bits per heavy atom. The lowest BCUT2D eigenvalue weighted by Gasteiger charge is -2.71. The van der Waals surface area contributed by atoms with Crippen molar-refractivity contribution in [3.63, 3.8) is 0 Å². The zero-order valence-electron chi connectivity index (χ0n) is 26.6. The zero-order valence-corrected chi connectivity index (χ0v) is 28.3. The van der Waals surface area contributed by atoms with Crippen molar-refractivity contribution in [1.82, 2.24) is 4.72 Å². The Bertz CT molecular complexity index is 1640. The summed E-state index contributed by atoms with van der Waals surface area (Å²) in [6.45, 7) is 13.7. The number of carbonyl (C=O) groups is 2. The highest BCUT2D eigenvalue weighted by atomic mass is 32.3. The molecule has 0 amide bonds. The minimum atomic E-state index is -4.19. The summed E-state index contributed by atoms with van der Waals surface area (Å²) in [5.74, 6) is -1.30. The first-order valence-electron chi connectivity index (χ1n) is 15.2. The Morgan fingerprint density at radius 3 is 2.14 bits per heavy atom. The molecule has 11 heteroatoms. The van der Waals surface area contributed by atoms with Crippen LogP contribution in [-0.2, 0) is 29.4 Å². The van der Waals surface area contributed by atoms with Gasteiger partial charge >= 0.3 is 0 Å². The van der Waals surface area contributed by atoms with Gasteiger partial charge < -0.3 is 5.11 Å². The fraction of sp³-hybridized carbons (Fsp3) is 0.781. The van der Waals surface area contributed by atoms with Gasteiger partial charge in [0.05, 0.1) is 5.57 Å². The van der Waals surface area contributed by atoms with E-state index in [1.807, 2.05) is 27.7 Å². The summed E-state index contributed by atoms with van der Waals surface area (Å²) in [6, 6.07) is 2.10. The number of fused-ring (bicyclic) bond motifs is 7. The predicted molar refractivity (Wildman–Crippen MR) is 162 cm³/mol. The number of hydrogen-bond donors (Lipinski definition) is 2. The topological polar surface area (TPSA) is 158 Å². The van der Waals surface area contributed by atoms with E-state index in [0.29, 0.717) is 32.1 Å². The molecule has 0 aromatic rings. The van der Waals surface area contributed by atoms with Crippen molar-refractivity contribution in [2.24, 2.45) is 38.9 Å². The van der Waals surface area contributed by atoms with E-state index in [2.05, 4.69) is 24.6 Å². The van der Waals surface area contributed by atoms with E-state index in [1.165, 1.54) is 0 Å². The Labute approximate surface area is 256 Å². The summed E-state index contributed by atoms with van der Waals surface area (Å²) in [4.78, 5) is 27.8. The number of ketones is 2. The lowest BCUT2D eigenvalue weighted by Crippen LogP contribution is -2.74. The molecule has 0 aliphatic heterocycles. The van der Waals surface area contributed by atoms with Crippen LogP contribution in [-0.4, -0.2) is 56.0 Å². The first-order valence-corrected chi connectivity index (χ1v) is 18.9. The van der Waals surface area contributed by atoms with Gasteiger partial charge in [-0.25, -0.2) is 21.6 Å². The maximum atomic E-state index is 14.5. The van der Waals surface area contributed by atoms with Gasteiger partial charge in [0.1, 0.15) is 11.7 Å². The van der Waals surface area contributed by atoms with Crippen LogP contribution in [0, 0.1) is 50.2 Å². The van der Waals surface area contributed by atoms with Crippen LogP contribution in [0.5, 0.6) is 0 Å². The summed E-state index contributed by atoms with van der Waals surface area (Å²) in [5.41, 5.74) is -5.39. The molecule has 238 valence electrons. The minimum absolute atomic E-state index is 0.105. The number of nitrogens with one attached hydrogen (secondary N) is 1. The minimum Gasteiger partial charge on any atom is -0.381 e. The molecule has 3 saturated carbocycles. The average molecular weight is 635 g/mol. The van der Waals surface area contributed by atoms with Crippen molar-refractivity contribution < 1.29 is 31.5 Å². The molecule has 5 rings (SSSR count). The molecular formula is C32H46N2O7S2. The van der Waals surface area contributed by atoms with Crippen LogP contribution in [0.15, 0.2) is 23.3 Å². The van der Waals surface area contributed by atoms with Gasteiger partial charge in [-0.2, -0.15) is 5.26 Å². The maximum Gasteiger partial charge on any atom is 0.226 e. The zero-order chi connectivity index (χ0) is 32.4.